The third kappa shape index (κ3) is 3.84. The standard InChI is InChI=1S/C17H23NO3/c1-11(2)9-13(17(20)21)10-18-16(19)15-8-7-12-5-3-4-6-14(12)15/h3-6,11,13,15H,7-10H2,1-2H3,(H,18,19)(H,20,21)/t13-,15+/m0/s1. The summed E-state index contributed by atoms with van der Waals surface area (Å²) < 4.78 is 0. The molecule has 1 aromatic rings. The lowest BCUT2D eigenvalue weighted by Crippen LogP contribution is -2.36. The molecule has 0 heterocycles. The van der Waals surface area contributed by atoms with Crippen LogP contribution in [0.4, 0.5) is 0 Å². The van der Waals surface area contributed by atoms with E-state index in [1.807, 2.05) is 32.0 Å². The van der Waals surface area contributed by atoms with Gasteiger partial charge in [0, 0.05) is 6.54 Å². The molecule has 0 spiro atoms. The van der Waals surface area contributed by atoms with E-state index in [-0.39, 0.29) is 18.4 Å². The first kappa shape index (κ1) is 15.5. The fourth-order valence-electron chi connectivity index (χ4n) is 3.02. The van der Waals surface area contributed by atoms with Gasteiger partial charge in [0.25, 0.3) is 0 Å². The van der Waals surface area contributed by atoms with Crippen molar-refractivity contribution in [3.8, 4) is 0 Å². The first-order valence-electron chi connectivity index (χ1n) is 7.57. The molecule has 2 N–H and O–H groups in total. The molecule has 0 fully saturated rings. The number of rotatable bonds is 6. The van der Waals surface area contributed by atoms with Crippen molar-refractivity contribution in [2.75, 3.05) is 6.54 Å². The molecule has 0 unspecified atom stereocenters. The summed E-state index contributed by atoms with van der Waals surface area (Å²) in [6, 6.07) is 7.99. The summed E-state index contributed by atoms with van der Waals surface area (Å²) in [7, 11) is 0. The first-order chi connectivity index (χ1) is 9.99. The Morgan fingerprint density at radius 3 is 2.71 bits per heavy atom. The summed E-state index contributed by atoms with van der Waals surface area (Å²) in [5.74, 6) is -1.22. The van der Waals surface area contributed by atoms with Gasteiger partial charge < -0.3 is 10.4 Å². The van der Waals surface area contributed by atoms with E-state index >= 15 is 0 Å². The molecule has 0 aliphatic heterocycles. The van der Waals surface area contributed by atoms with Gasteiger partial charge >= 0.3 is 5.97 Å². The lowest BCUT2D eigenvalue weighted by Gasteiger charge is -2.17. The molecule has 1 amide bonds. The molecule has 2 atom stereocenters. The van der Waals surface area contributed by atoms with Gasteiger partial charge in [0.2, 0.25) is 5.91 Å². The summed E-state index contributed by atoms with van der Waals surface area (Å²) >= 11 is 0. The van der Waals surface area contributed by atoms with Crippen molar-refractivity contribution >= 4 is 11.9 Å². The summed E-state index contributed by atoms with van der Waals surface area (Å²) in [6.07, 6.45) is 2.31. The summed E-state index contributed by atoms with van der Waals surface area (Å²) in [6.45, 7) is 4.20. The number of aryl methyl sites for hydroxylation is 1. The number of carbonyl (C=O) groups excluding carboxylic acids is 1. The average Bonchev–Trinajstić information content (AvgIpc) is 2.86. The topological polar surface area (TPSA) is 66.4 Å². The molecule has 0 saturated heterocycles. The van der Waals surface area contributed by atoms with Gasteiger partial charge in [-0.2, -0.15) is 0 Å². The van der Waals surface area contributed by atoms with Crippen LogP contribution >= 0.6 is 0 Å². The monoisotopic (exact) mass is 289 g/mol. The Balaban J connectivity index is 1.95. The van der Waals surface area contributed by atoms with E-state index in [0.717, 1.165) is 18.4 Å². The van der Waals surface area contributed by atoms with Crippen molar-refractivity contribution in [3.05, 3.63) is 35.4 Å². The first-order valence-corrected chi connectivity index (χ1v) is 7.57. The number of amides is 1. The van der Waals surface area contributed by atoms with Gasteiger partial charge in [0.05, 0.1) is 11.8 Å². The molecule has 1 aliphatic rings. The normalized spacial score (nSPS) is 18.3. The molecule has 0 aromatic heterocycles. The van der Waals surface area contributed by atoms with Gasteiger partial charge in [-0.3, -0.25) is 9.59 Å². The minimum atomic E-state index is -0.837. The molecule has 1 aromatic carbocycles. The maximum absolute atomic E-state index is 12.3. The molecule has 4 heteroatoms. The molecule has 0 saturated carbocycles. The molecular formula is C17H23NO3. The zero-order valence-electron chi connectivity index (χ0n) is 12.6. The highest BCUT2D eigenvalue weighted by Gasteiger charge is 2.29. The smallest absolute Gasteiger partial charge is 0.308 e. The number of carboxylic acids is 1. The number of nitrogens with one attached hydrogen (secondary N) is 1. The number of carboxylic acid groups (broad SMARTS) is 1. The van der Waals surface area contributed by atoms with E-state index in [2.05, 4.69) is 11.4 Å². The van der Waals surface area contributed by atoms with Gasteiger partial charge in [0.1, 0.15) is 0 Å². The van der Waals surface area contributed by atoms with Crippen molar-refractivity contribution < 1.29 is 14.7 Å². The van der Waals surface area contributed by atoms with Crippen molar-refractivity contribution in [1.29, 1.82) is 0 Å². The van der Waals surface area contributed by atoms with Gasteiger partial charge in [-0.15, -0.1) is 0 Å². The minimum Gasteiger partial charge on any atom is -0.481 e. The van der Waals surface area contributed by atoms with Crippen molar-refractivity contribution in [3.63, 3.8) is 0 Å². The zero-order chi connectivity index (χ0) is 15.4. The molecule has 114 valence electrons. The van der Waals surface area contributed by atoms with Crippen LogP contribution in [0.5, 0.6) is 0 Å². The predicted molar refractivity (Wildman–Crippen MR) is 81.1 cm³/mol. The van der Waals surface area contributed by atoms with E-state index in [0.29, 0.717) is 12.3 Å². The van der Waals surface area contributed by atoms with Crippen LogP contribution in [0.2, 0.25) is 0 Å². The molecule has 2 rings (SSSR count). The van der Waals surface area contributed by atoms with E-state index in [9.17, 15) is 14.7 Å². The lowest BCUT2D eigenvalue weighted by atomic mass is 9.96. The SMILES string of the molecule is CC(C)C[C@@H](CNC(=O)[C@@H]1CCc2ccccc21)C(=O)O. The lowest BCUT2D eigenvalue weighted by molar-refractivity contribution is -0.142. The predicted octanol–water partition coefficient (Wildman–Crippen LogP) is 2.58. The largest absolute Gasteiger partial charge is 0.481 e. The highest BCUT2D eigenvalue weighted by atomic mass is 16.4. The number of fused-ring (bicyclic) bond motifs is 1. The van der Waals surface area contributed by atoms with Crippen LogP contribution in [-0.4, -0.2) is 23.5 Å². The van der Waals surface area contributed by atoms with Crippen LogP contribution in [0.25, 0.3) is 0 Å². The quantitative estimate of drug-likeness (QED) is 0.846. The molecule has 0 bridgehead atoms. The fourth-order valence-corrected chi connectivity index (χ4v) is 3.02. The zero-order valence-corrected chi connectivity index (χ0v) is 12.6. The van der Waals surface area contributed by atoms with Crippen LogP contribution in [0.15, 0.2) is 24.3 Å². The molecule has 21 heavy (non-hydrogen) atoms. The Bertz CT molecular complexity index is 525. The highest BCUT2D eigenvalue weighted by molar-refractivity contribution is 5.85. The van der Waals surface area contributed by atoms with Crippen molar-refractivity contribution in [2.45, 2.75) is 39.0 Å². The molecule has 0 radical (unpaired) electrons. The minimum absolute atomic E-state index is 0.0463. The maximum atomic E-state index is 12.3. The van der Waals surface area contributed by atoms with Crippen LogP contribution < -0.4 is 5.32 Å². The Labute approximate surface area is 125 Å². The second-order valence-corrected chi connectivity index (χ2v) is 6.20. The van der Waals surface area contributed by atoms with E-state index in [1.165, 1.54) is 5.56 Å². The van der Waals surface area contributed by atoms with E-state index < -0.39 is 11.9 Å². The Morgan fingerprint density at radius 1 is 1.33 bits per heavy atom. The van der Waals surface area contributed by atoms with Crippen LogP contribution in [0.1, 0.15) is 43.7 Å². The van der Waals surface area contributed by atoms with E-state index in [4.69, 9.17) is 0 Å². The van der Waals surface area contributed by atoms with Crippen LogP contribution in [0.3, 0.4) is 0 Å². The van der Waals surface area contributed by atoms with Crippen LogP contribution in [0, 0.1) is 11.8 Å². The van der Waals surface area contributed by atoms with Crippen LogP contribution in [-0.2, 0) is 16.0 Å². The van der Waals surface area contributed by atoms with Crippen molar-refractivity contribution in [2.24, 2.45) is 11.8 Å². The Morgan fingerprint density at radius 2 is 2.05 bits per heavy atom. The summed E-state index contributed by atoms with van der Waals surface area (Å²) in [5.41, 5.74) is 2.32. The van der Waals surface area contributed by atoms with E-state index in [1.54, 1.807) is 0 Å². The number of hydrogen-bond donors (Lipinski definition) is 2. The third-order valence-corrected chi connectivity index (χ3v) is 4.08. The summed E-state index contributed by atoms with van der Waals surface area (Å²) in [4.78, 5) is 23.5. The fraction of sp³-hybridized carbons (Fsp3) is 0.529. The molecule has 4 nitrogen and oxygen atoms in total. The van der Waals surface area contributed by atoms with Gasteiger partial charge in [0.15, 0.2) is 0 Å². The second-order valence-electron chi connectivity index (χ2n) is 6.20. The van der Waals surface area contributed by atoms with Gasteiger partial charge in [-0.25, -0.2) is 0 Å². The van der Waals surface area contributed by atoms with Gasteiger partial charge in [-0.1, -0.05) is 38.1 Å². The Hall–Kier alpha value is -1.84. The average molecular weight is 289 g/mol. The second kappa shape index (κ2) is 6.74. The number of benzene rings is 1. The van der Waals surface area contributed by atoms with Gasteiger partial charge in [-0.05, 0) is 36.3 Å². The highest BCUT2D eigenvalue weighted by Crippen LogP contribution is 2.32. The molecule has 1 aliphatic carbocycles. The summed E-state index contributed by atoms with van der Waals surface area (Å²) in [5, 5.41) is 12.0. The number of carbonyl (C=O) groups is 2. The third-order valence-electron chi connectivity index (χ3n) is 4.08. The molecular weight excluding hydrogens is 266 g/mol. The number of hydrogen-bond acceptors (Lipinski definition) is 2. The number of aliphatic carboxylic acids is 1. The Kier molecular flexibility index (Phi) is 4.99. The van der Waals surface area contributed by atoms with Crippen molar-refractivity contribution in [1.82, 2.24) is 5.32 Å². The maximum Gasteiger partial charge on any atom is 0.308 e.